The third-order valence-electron chi connectivity index (χ3n) is 5.19. The zero-order valence-corrected chi connectivity index (χ0v) is 19.4. The molecule has 4 rings (SSSR count). The molecule has 2 heterocycles. The van der Waals surface area contributed by atoms with Gasteiger partial charge in [0, 0.05) is 14.1 Å². The summed E-state index contributed by atoms with van der Waals surface area (Å²) in [5, 5.41) is 11.6. The molecule has 0 atom stereocenters. The van der Waals surface area contributed by atoms with Crippen molar-refractivity contribution in [3.63, 3.8) is 0 Å². The Bertz CT molecular complexity index is 1310. The Kier molecular flexibility index (Phi) is 6.64. The van der Waals surface area contributed by atoms with Crippen molar-refractivity contribution in [2.45, 2.75) is 18.7 Å². The number of ether oxygens (including phenoxy) is 1. The fraction of sp³-hybridized carbons (Fsp3) is 0.217. The Morgan fingerprint density at radius 1 is 1.03 bits per heavy atom. The molecule has 0 aliphatic carbocycles. The SMILES string of the molecule is Cc1c(NC(=O)CSc2nnc(COc3ccccc3)n2C)c(=O)n(-c2ccccc2)n1C. The van der Waals surface area contributed by atoms with Gasteiger partial charge < -0.3 is 14.6 Å². The fourth-order valence-electron chi connectivity index (χ4n) is 3.28. The zero-order chi connectivity index (χ0) is 23.4. The van der Waals surface area contributed by atoms with Gasteiger partial charge in [0.1, 0.15) is 18.0 Å². The fourth-order valence-corrected chi connectivity index (χ4v) is 4.01. The van der Waals surface area contributed by atoms with Gasteiger partial charge in [0.2, 0.25) is 5.91 Å². The number of nitrogens with one attached hydrogen (secondary N) is 1. The summed E-state index contributed by atoms with van der Waals surface area (Å²) in [4.78, 5) is 25.6. The van der Waals surface area contributed by atoms with Crippen LogP contribution in [0.5, 0.6) is 5.75 Å². The third-order valence-corrected chi connectivity index (χ3v) is 6.21. The number of thioether (sulfide) groups is 1. The summed E-state index contributed by atoms with van der Waals surface area (Å²) >= 11 is 1.24. The van der Waals surface area contributed by atoms with E-state index < -0.39 is 0 Å². The number of rotatable bonds is 8. The summed E-state index contributed by atoms with van der Waals surface area (Å²) in [6.45, 7) is 2.06. The number of carbonyl (C=O) groups is 1. The summed E-state index contributed by atoms with van der Waals surface area (Å²) in [6, 6.07) is 18.7. The molecule has 33 heavy (non-hydrogen) atoms. The van der Waals surface area contributed by atoms with Crippen LogP contribution in [-0.2, 0) is 25.5 Å². The van der Waals surface area contributed by atoms with Gasteiger partial charge in [0.05, 0.1) is 17.1 Å². The molecular weight excluding hydrogens is 440 g/mol. The highest BCUT2D eigenvalue weighted by molar-refractivity contribution is 7.99. The molecule has 0 radical (unpaired) electrons. The van der Waals surface area contributed by atoms with Crippen molar-refractivity contribution in [1.29, 1.82) is 0 Å². The number of para-hydroxylation sites is 2. The first-order valence-corrected chi connectivity index (χ1v) is 11.3. The van der Waals surface area contributed by atoms with Crippen molar-refractivity contribution in [3.05, 3.63) is 82.5 Å². The Balaban J connectivity index is 1.40. The lowest BCUT2D eigenvalue weighted by Crippen LogP contribution is -2.23. The minimum absolute atomic E-state index is 0.0879. The van der Waals surface area contributed by atoms with Crippen LogP contribution >= 0.6 is 11.8 Å². The molecule has 0 fully saturated rings. The van der Waals surface area contributed by atoms with Crippen LogP contribution in [0.25, 0.3) is 5.69 Å². The number of amides is 1. The van der Waals surface area contributed by atoms with E-state index in [9.17, 15) is 9.59 Å². The van der Waals surface area contributed by atoms with E-state index in [1.807, 2.05) is 67.7 Å². The first-order valence-electron chi connectivity index (χ1n) is 10.3. The average molecular weight is 465 g/mol. The van der Waals surface area contributed by atoms with Crippen LogP contribution in [0.3, 0.4) is 0 Å². The van der Waals surface area contributed by atoms with E-state index in [0.717, 1.165) is 11.4 Å². The summed E-state index contributed by atoms with van der Waals surface area (Å²) in [6.07, 6.45) is 0. The number of benzene rings is 2. The number of anilines is 1. The van der Waals surface area contributed by atoms with Crippen molar-refractivity contribution in [1.82, 2.24) is 24.1 Å². The quantitative estimate of drug-likeness (QED) is 0.403. The minimum Gasteiger partial charge on any atom is -0.486 e. The molecule has 0 bridgehead atoms. The van der Waals surface area contributed by atoms with Crippen molar-refractivity contribution in [2.24, 2.45) is 14.1 Å². The summed E-state index contributed by atoms with van der Waals surface area (Å²) < 4.78 is 10.8. The monoisotopic (exact) mass is 464 g/mol. The topological polar surface area (TPSA) is 96.0 Å². The van der Waals surface area contributed by atoms with Crippen LogP contribution in [0.15, 0.2) is 70.6 Å². The van der Waals surface area contributed by atoms with Crippen LogP contribution in [0.4, 0.5) is 5.69 Å². The van der Waals surface area contributed by atoms with E-state index in [1.54, 1.807) is 23.2 Å². The lowest BCUT2D eigenvalue weighted by atomic mass is 10.3. The Morgan fingerprint density at radius 3 is 2.39 bits per heavy atom. The number of nitrogens with zero attached hydrogens (tertiary/aromatic N) is 5. The van der Waals surface area contributed by atoms with Crippen LogP contribution in [0.2, 0.25) is 0 Å². The summed E-state index contributed by atoms with van der Waals surface area (Å²) in [5.74, 6) is 1.18. The van der Waals surface area contributed by atoms with Crippen molar-refractivity contribution < 1.29 is 9.53 Å². The highest BCUT2D eigenvalue weighted by Gasteiger charge is 2.19. The lowest BCUT2D eigenvalue weighted by Gasteiger charge is -2.07. The predicted octanol–water partition coefficient (Wildman–Crippen LogP) is 2.92. The molecule has 4 aromatic rings. The van der Waals surface area contributed by atoms with Crippen LogP contribution in [-0.4, -0.2) is 35.8 Å². The number of hydrogen-bond acceptors (Lipinski definition) is 6. The largest absolute Gasteiger partial charge is 0.486 e. The van der Waals surface area contributed by atoms with Gasteiger partial charge in [-0.2, -0.15) is 0 Å². The molecule has 0 aliphatic rings. The van der Waals surface area contributed by atoms with Crippen LogP contribution in [0.1, 0.15) is 11.5 Å². The molecule has 9 nitrogen and oxygen atoms in total. The second-order valence-electron chi connectivity index (χ2n) is 7.33. The van der Waals surface area contributed by atoms with E-state index in [1.165, 1.54) is 16.4 Å². The third kappa shape index (κ3) is 4.85. The van der Waals surface area contributed by atoms with Crippen molar-refractivity contribution >= 4 is 23.4 Å². The molecule has 0 unspecified atom stereocenters. The maximum Gasteiger partial charge on any atom is 0.295 e. The second kappa shape index (κ2) is 9.78. The van der Waals surface area contributed by atoms with Gasteiger partial charge in [-0.1, -0.05) is 48.2 Å². The highest BCUT2D eigenvalue weighted by atomic mass is 32.2. The minimum atomic E-state index is -0.295. The van der Waals surface area contributed by atoms with Gasteiger partial charge in [-0.3, -0.25) is 14.3 Å². The molecule has 0 saturated carbocycles. The molecule has 2 aromatic carbocycles. The van der Waals surface area contributed by atoms with Crippen molar-refractivity contribution in [2.75, 3.05) is 11.1 Å². The van der Waals surface area contributed by atoms with Crippen LogP contribution < -0.4 is 15.6 Å². The maximum absolute atomic E-state index is 12.9. The van der Waals surface area contributed by atoms with E-state index in [4.69, 9.17) is 4.74 Å². The molecule has 0 aliphatic heterocycles. The Morgan fingerprint density at radius 2 is 1.70 bits per heavy atom. The van der Waals surface area contributed by atoms with Gasteiger partial charge in [-0.25, -0.2) is 4.68 Å². The summed E-state index contributed by atoms with van der Waals surface area (Å²) in [7, 11) is 3.61. The molecule has 2 aromatic heterocycles. The number of carbonyl (C=O) groups excluding carboxylic acids is 1. The molecule has 1 N–H and O–H groups in total. The smallest absolute Gasteiger partial charge is 0.295 e. The van der Waals surface area contributed by atoms with Gasteiger partial charge in [-0.15, -0.1) is 10.2 Å². The molecule has 170 valence electrons. The van der Waals surface area contributed by atoms with E-state index >= 15 is 0 Å². The predicted molar refractivity (Wildman–Crippen MR) is 127 cm³/mol. The molecular formula is C23H24N6O3S. The number of aromatic nitrogens is 5. The maximum atomic E-state index is 12.9. The molecule has 0 saturated heterocycles. The highest BCUT2D eigenvalue weighted by Crippen LogP contribution is 2.19. The van der Waals surface area contributed by atoms with Gasteiger partial charge in [0.25, 0.3) is 5.56 Å². The first-order chi connectivity index (χ1) is 16.0. The Hall–Kier alpha value is -3.79. The van der Waals surface area contributed by atoms with E-state index in [-0.39, 0.29) is 29.5 Å². The van der Waals surface area contributed by atoms with E-state index in [0.29, 0.717) is 16.7 Å². The van der Waals surface area contributed by atoms with Crippen LogP contribution in [0, 0.1) is 6.92 Å². The van der Waals surface area contributed by atoms with Gasteiger partial charge in [-0.05, 0) is 31.2 Å². The number of hydrogen-bond donors (Lipinski definition) is 1. The zero-order valence-electron chi connectivity index (χ0n) is 18.6. The lowest BCUT2D eigenvalue weighted by molar-refractivity contribution is -0.113. The standard InChI is InChI=1S/C23H24N6O3S/c1-16-21(22(31)29(28(16)3)17-10-6-4-7-11-17)24-20(30)15-33-23-26-25-19(27(23)2)14-32-18-12-8-5-9-13-18/h4-13H,14-15H2,1-3H3,(H,24,30). The van der Waals surface area contributed by atoms with Crippen molar-refractivity contribution in [3.8, 4) is 11.4 Å². The molecule has 1 amide bonds. The molecule has 10 heteroatoms. The van der Waals surface area contributed by atoms with Gasteiger partial charge >= 0.3 is 0 Å². The van der Waals surface area contributed by atoms with E-state index in [2.05, 4.69) is 15.5 Å². The van der Waals surface area contributed by atoms with Gasteiger partial charge in [0.15, 0.2) is 11.0 Å². The summed E-state index contributed by atoms with van der Waals surface area (Å²) in [5.41, 5.74) is 1.38. The Labute approximate surface area is 195 Å². The second-order valence-corrected chi connectivity index (χ2v) is 8.28. The molecule has 0 spiro atoms. The first kappa shape index (κ1) is 22.4. The normalized spacial score (nSPS) is 10.9. The average Bonchev–Trinajstić information content (AvgIpc) is 3.29.